The summed E-state index contributed by atoms with van der Waals surface area (Å²) >= 11 is 1.75. The van der Waals surface area contributed by atoms with Gasteiger partial charge in [-0.25, -0.2) is 12.8 Å². The number of carbonyl (C=O) groups is 1. The van der Waals surface area contributed by atoms with Gasteiger partial charge >= 0.3 is 6.01 Å². The largest absolute Gasteiger partial charge is 0.407 e. The summed E-state index contributed by atoms with van der Waals surface area (Å²) in [6.07, 6.45) is 1.30. The van der Waals surface area contributed by atoms with Crippen molar-refractivity contribution in [3.05, 3.63) is 65.8 Å². The zero-order chi connectivity index (χ0) is 23.4. The van der Waals surface area contributed by atoms with Gasteiger partial charge in [-0.1, -0.05) is 24.2 Å². The molecule has 1 saturated heterocycles. The van der Waals surface area contributed by atoms with Crippen molar-refractivity contribution in [3.8, 4) is 0 Å². The summed E-state index contributed by atoms with van der Waals surface area (Å²) in [4.78, 5) is 13.9. The lowest BCUT2D eigenvalue weighted by molar-refractivity contribution is -0.119. The second kappa shape index (κ2) is 10.0. The highest BCUT2D eigenvalue weighted by molar-refractivity contribution is 7.99. The molecule has 0 saturated carbocycles. The first-order valence-electron chi connectivity index (χ1n) is 10.5. The number of anilines is 1. The van der Waals surface area contributed by atoms with Crippen LogP contribution in [0, 0.1) is 5.82 Å². The Morgan fingerprint density at radius 3 is 2.61 bits per heavy atom. The fourth-order valence-electron chi connectivity index (χ4n) is 3.64. The molecule has 1 atom stereocenters. The summed E-state index contributed by atoms with van der Waals surface area (Å²) in [7, 11) is -3.95. The maximum atomic E-state index is 13.2. The minimum atomic E-state index is -3.95. The number of amides is 1. The number of nitrogens with zero attached hydrogens (tertiary/aromatic N) is 3. The SMILES string of the molecule is CCSc1ccc(Cc2nnc(NC(=O)C3CCCN3S(=O)(=O)c3ccc(F)cc3)o2)cc1. The standard InChI is InChI=1S/C22H23FN4O4S2/c1-2-32-17-9-5-15(6-10-17)14-20-25-26-22(31-20)24-21(28)19-4-3-13-27(19)33(29,30)18-11-7-16(23)8-12-18/h5-12,19H,2-4,13-14H2,1H3,(H,24,26,28). The number of nitrogens with one attached hydrogen (secondary N) is 1. The summed E-state index contributed by atoms with van der Waals surface area (Å²) < 4.78 is 45.8. The van der Waals surface area contributed by atoms with E-state index < -0.39 is 27.8 Å². The highest BCUT2D eigenvalue weighted by Gasteiger charge is 2.39. The summed E-state index contributed by atoms with van der Waals surface area (Å²) in [5.41, 5.74) is 0.990. The van der Waals surface area contributed by atoms with E-state index in [1.165, 1.54) is 17.0 Å². The van der Waals surface area contributed by atoms with Crippen molar-refractivity contribution in [3.63, 3.8) is 0 Å². The van der Waals surface area contributed by atoms with E-state index in [-0.39, 0.29) is 17.5 Å². The molecular weight excluding hydrogens is 467 g/mol. The highest BCUT2D eigenvalue weighted by atomic mass is 32.2. The van der Waals surface area contributed by atoms with Crippen molar-refractivity contribution < 1.29 is 22.0 Å². The van der Waals surface area contributed by atoms with Gasteiger partial charge in [-0.05, 0) is 60.6 Å². The summed E-state index contributed by atoms with van der Waals surface area (Å²) in [6.45, 7) is 2.29. The van der Waals surface area contributed by atoms with E-state index in [1.807, 2.05) is 24.3 Å². The third-order valence-electron chi connectivity index (χ3n) is 5.21. The van der Waals surface area contributed by atoms with Crippen molar-refractivity contribution in [2.75, 3.05) is 17.6 Å². The zero-order valence-electron chi connectivity index (χ0n) is 17.9. The lowest BCUT2D eigenvalue weighted by Crippen LogP contribution is -2.43. The average molecular weight is 491 g/mol. The van der Waals surface area contributed by atoms with E-state index in [0.29, 0.717) is 25.2 Å². The Balaban J connectivity index is 1.41. The summed E-state index contributed by atoms with van der Waals surface area (Å²) in [6, 6.07) is 11.6. The molecule has 0 radical (unpaired) electrons. The first-order chi connectivity index (χ1) is 15.9. The predicted molar refractivity (Wildman–Crippen MR) is 122 cm³/mol. The van der Waals surface area contributed by atoms with Crippen LogP contribution in [0.2, 0.25) is 0 Å². The van der Waals surface area contributed by atoms with Crippen LogP contribution in [0.3, 0.4) is 0 Å². The molecule has 33 heavy (non-hydrogen) atoms. The quantitative estimate of drug-likeness (QED) is 0.480. The Morgan fingerprint density at radius 2 is 1.91 bits per heavy atom. The number of aromatic nitrogens is 2. The molecule has 1 aliphatic rings. The summed E-state index contributed by atoms with van der Waals surface area (Å²) in [5.74, 6) is 0.251. The molecule has 0 spiro atoms. The molecule has 4 rings (SSSR count). The van der Waals surface area contributed by atoms with Gasteiger partial charge in [0.15, 0.2) is 0 Å². The fraction of sp³-hybridized carbons (Fsp3) is 0.318. The Hall–Kier alpha value is -2.76. The summed E-state index contributed by atoms with van der Waals surface area (Å²) in [5, 5.41) is 10.4. The Morgan fingerprint density at radius 1 is 1.18 bits per heavy atom. The van der Waals surface area contributed by atoms with Crippen LogP contribution in [0.15, 0.2) is 62.7 Å². The molecule has 8 nitrogen and oxygen atoms in total. The molecule has 11 heteroatoms. The van der Waals surface area contributed by atoms with Crippen molar-refractivity contribution in [2.45, 2.75) is 42.0 Å². The maximum Gasteiger partial charge on any atom is 0.322 e. The minimum absolute atomic E-state index is 0.0629. The van der Waals surface area contributed by atoms with Crippen LogP contribution in [0.4, 0.5) is 10.4 Å². The van der Waals surface area contributed by atoms with Crippen LogP contribution in [-0.4, -0.2) is 47.2 Å². The monoisotopic (exact) mass is 490 g/mol. The normalized spacial score (nSPS) is 16.7. The smallest absolute Gasteiger partial charge is 0.322 e. The molecule has 174 valence electrons. The van der Waals surface area contributed by atoms with Crippen LogP contribution < -0.4 is 5.32 Å². The van der Waals surface area contributed by atoms with Crippen molar-refractivity contribution in [2.24, 2.45) is 0 Å². The maximum absolute atomic E-state index is 13.2. The van der Waals surface area contributed by atoms with Gasteiger partial charge in [-0.2, -0.15) is 4.31 Å². The van der Waals surface area contributed by atoms with Crippen LogP contribution >= 0.6 is 11.8 Å². The van der Waals surface area contributed by atoms with Crippen molar-refractivity contribution in [1.82, 2.24) is 14.5 Å². The van der Waals surface area contributed by atoms with Gasteiger partial charge in [0, 0.05) is 11.4 Å². The number of thioether (sulfide) groups is 1. The van der Waals surface area contributed by atoms with E-state index >= 15 is 0 Å². The van der Waals surface area contributed by atoms with Crippen molar-refractivity contribution >= 4 is 33.7 Å². The van der Waals surface area contributed by atoms with Gasteiger partial charge in [-0.3, -0.25) is 10.1 Å². The molecule has 1 amide bonds. The van der Waals surface area contributed by atoms with Gasteiger partial charge in [0.25, 0.3) is 0 Å². The van der Waals surface area contributed by atoms with Crippen LogP contribution in [0.25, 0.3) is 0 Å². The first kappa shape index (κ1) is 23.4. The first-order valence-corrected chi connectivity index (χ1v) is 12.9. The molecule has 2 heterocycles. The van der Waals surface area contributed by atoms with Gasteiger partial charge < -0.3 is 4.42 Å². The van der Waals surface area contributed by atoms with Crippen LogP contribution in [0.5, 0.6) is 0 Å². The lowest BCUT2D eigenvalue weighted by atomic mass is 10.1. The molecule has 3 aromatic rings. The van der Waals surface area contributed by atoms with Crippen LogP contribution in [-0.2, 0) is 21.2 Å². The molecule has 0 bridgehead atoms. The highest BCUT2D eigenvalue weighted by Crippen LogP contribution is 2.27. The molecule has 1 fully saturated rings. The number of carbonyl (C=O) groups excluding carboxylic acids is 1. The second-order valence-electron chi connectivity index (χ2n) is 7.47. The second-order valence-corrected chi connectivity index (χ2v) is 10.7. The zero-order valence-corrected chi connectivity index (χ0v) is 19.5. The number of hydrogen-bond acceptors (Lipinski definition) is 7. The van der Waals surface area contributed by atoms with Gasteiger partial charge in [0.2, 0.25) is 21.8 Å². The van der Waals surface area contributed by atoms with E-state index in [9.17, 15) is 17.6 Å². The molecule has 1 unspecified atom stereocenters. The number of sulfonamides is 1. The van der Waals surface area contributed by atoms with Crippen molar-refractivity contribution in [1.29, 1.82) is 0 Å². The Labute approximate surface area is 195 Å². The van der Waals surface area contributed by atoms with Gasteiger partial charge in [0.1, 0.15) is 11.9 Å². The molecular formula is C22H23FN4O4S2. The number of benzene rings is 2. The number of hydrogen-bond donors (Lipinski definition) is 1. The molecule has 0 aliphatic carbocycles. The van der Waals surface area contributed by atoms with E-state index in [0.717, 1.165) is 27.8 Å². The Bertz CT molecular complexity index is 1210. The predicted octanol–water partition coefficient (Wildman–Crippen LogP) is 3.70. The average Bonchev–Trinajstić information content (AvgIpc) is 3.46. The molecule has 2 aromatic carbocycles. The number of rotatable bonds is 8. The van der Waals surface area contributed by atoms with E-state index in [4.69, 9.17) is 4.42 Å². The topological polar surface area (TPSA) is 105 Å². The third-order valence-corrected chi connectivity index (χ3v) is 8.03. The van der Waals surface area contributed by atoms with E-state index in [1.54, 1.807) is 11.8 Å². The van der Waals surface area contributed by atoms with E-state index in [2.05, 4.69) is 22.4 Å². The molecule has 1 aliphatic heterocycles. The molecule has 1 N–H and O–H groups in total. The van der Waals surface area contributed by atoms with Gasteiger partial charge in [-0.15, -0.1) is 16.9 Å². The van der Waals surface area contributed by atoms with Crippen LogP contribution in [0.1, 0.15) is 31.2 Å². The fourth-order valence-corrected chi connectivity index (χ4v) is 5.96. The molecule has 1 aromatic heterocycles. The number of halogens is 1. The van der Waals surface area contributed by atoms with Gasteiger partial charge in [0.05, 0.1) is 11.3 Å². The Kier molecular flexibility index (Phi) is 7.11. The minimum Gasteiger partial charge on any atom is -0.407 e. The lowest BCUT2D eigenvalue weighted by Gasteiger charge is -2.22. The third kappa shape index (κ3) is 5.43.